The van der Waals surface area contributed by atoms with Crippen molar-refractivity contribution in [1.82, 2.24) is 0 Å². The zero-order valence-corrected chi connectivity index (χ0v) is 33.7. The maximum absolute atomic E-state index is 11.5. The van der Waals surface area contributed by atoms with Crippen molar-refractivity contribution in [2.45, 2.75) is 36.5 Å². The van der Waals surface area contributed by atoms with E-state index in [1.165, 1.54) is 48.5 Å². The Bertz CT molecular complexity index is 2640. The van der Waals surface area contributed by atoms with Crippen LogP contribution in [0.4, 0.5) is 34.1 Å². The maximum Gasteiger partial charge on any atom is 2.00 e. The summed E-state index contributed by atoms with van der Waals surface area (Å²) >= 11 is 0. The average molecular weight is 841 g/mol. The molecule has 0 bridgehead atoms. The normalized spacial score (nSPS) is 11.7. The molecule has 0 radical (unpaired) electrons. The number of benzene rings is 6. The van der Waals surface area contributed by atoms with E-state index < -0.39 is 51.4 Å². The van der Waals surface area contributed by atoms with Crippen LogP contribution in [-0.2, 0) is 33.1 Å². The molecule has 2 N–H and O–H groups in total. The zero-order valence-electron chi connectivity index (χ0n) is 29.8. The average Bonchev–Trinajstić information content (AvgIpc) is 3.15. The molecular weight excluding hydrogens is 813 g/mol. The first-order valence-electron chi connectivity index (χ1n) is 16.2. The number of hydrogen-bond acceptors (Lipinski definition) is 16. The van der Waals surface area contributed by atoms with Gasteiger partial charge in [-0.25, -0.2) is 16.8 Å². The number of nitro groups is 2. The molecule has 6 aromatic rings. The van der Waals surface area contributed by atoms with Crippen molar-refractivity contribution in [3.8, 4) is 11.5 Å². The van der Waals surface area contributed by atoms with Gasteiger partial charge in [0.25, 0.3) is 11.4 Å². The van der Waals surface area contributed by atoms with Crippen molar-refractivity contribution in [3.05, 3.63) is 128 Å². The van der Waals surface area contributed by atoms with Crippen molar-refractivity contribution in [2.75, 3.05) is 0 Å². The van der Waals surface area contributed by atoms with Crippen LogP contribution in [0.5, 0.6) is 11.5 Å². The Kier molecular flexibility index (Phi) is 14.1. The first-order valence-corrected chi connectivity index (χ1v) is 19.1. The van der Waals surface area contributed by atoms with Gasteiger partial charge in [0.15, 0.2) is 0 Å². The largest absolute Gasteiger partial charge is 2.00 e. The molecule has 0 fully saturated rings. The van der Waals surface area contributed by atoms with E-state index in [9.17, 15) is 56.4 Å². The summed E-state index contributed by atoms with van der Waals surface area (Å²) in [6, 6.07) is 22.1. The number of nitrogens with zero attached hydrogens (tertiary/aromatic N) is 6. The summed E-state index contributed by atoms with van der Waals surface area (Å²) in [5.74, 6) is -1.08. The van der Waals surface area contributed by atoms with E-state index in [0.717, 1.165) is 12.1 Å². The fourth-order valence-electron chi connectivity index (χ4n) is 5.57. The van der Waals surface area contributed by atoms with E-state index >= 15 is 0 Å². The van der Waals surface area contributed by atoms with Gasteiger partial charge in [0, 0.05) is 57.9 Å². The molecule has 0 atom stereocenters. The van der Waals surface area contributed by atoms with Crippen LogP contribution in [0.3, 0.4) is 0 Å². The number of hydrogen-bond donors (Lipinski definition) is 2. The van der Waals surface area contributed by atoms with Gasteiger partial charge in [-0.3, -0.25) is 20.2 Å². The number of phenols is 2. The third-order valence-electron chi connectivity index (χ3n) is 8.29. The minimum Gasteiger partial charge on any atom is -0.744 e. The van der Waals surface area contributed by atoms with E-state index in [-0.39, 0.29) is 93.4 Å². The Morgan fingerprint density at radius 3 is 1.18 bits per heavy atom. The topological polar surface area (TPSA) is 291 Å². The number of rotatable bonds is 10. The molecule has 57 heavy (non-hydrogen) atoms. The van der Waals surface area contributed by atoms with Gasteiger partial charge < -0.3 is 19.3 Å². The van der Waals surface area contributed by atoms with Crippen LogP contribution in [-0.4, -0.2) is 83.7 Å². The predicted octanol–water partition coefficient (Wildman–Crippen LogP) is 8.29. The van der Waals surface area contributed by atoms with Crippen molar-refractivity contribution >= 4 is 114 Å². The number of non-ortho nitro benzene ring substituents is 2. The van der Waals surface area contributed by atoms with Crippen LogP contribution < -0.4 is 0 Å². The van der Waals surface area contributed by atoms with Gasteiger partial charge in [0.1, 0.15) is 43.1 Å². The van der Waals surface area contributed by atoms with Gasteiger partial charge in [0.2, 0.25) is 0 Å². The summed E-state index contributed by atoms with van der Waals surface area (Å²) in [7, 11) is -9.64. The Morgan fingerprint density at radius 2 is 0.877 bits per heavy atom. The summed E-state index contributed by atoms with van der Waals surface area (Å²) in [6.45, 7) is 3.70. The van der Waals surface area contributed by atoms with E-state index in [0.29, 0.717) is 24.0 Å². The summed E-state index contributed by atoms with van der Waals surface area (Å²) in [4.78, 5) is 19.7. The molecule has 0 amide bonds. The van der Waals surface area contributed by atoms with E-state index in [1.54, 1.807) is 36.4 Å². The first-order chi connectivity index (χ1) is 26.4. The van der Waals surface area contributed by atoms with Crippen LogP contribution >= 0.6 is 0 Å². The second-order valence-electron chi connectivity index (χ2n) is 11.7. The number of phenolic OH excluding ortho intramolecular Hbond substituents is 2. The Labute approximate surface area is 354 Å². The van der Waals surface area contributed by atoms with Crippen LogP contribution in [0, 0.1) is 20.2 Å². The summed E-state index contributed by atoms with van der Waals surface area (Å²) in [6.07, 6.45) is 1.10. The maximum atomic E-state index is 11.5. The molecule has 0 unspecified atom stereocenters. The van der Waals surface area contributed by atoms with Crippen LogP contribution in [0.1, 0.15) is 25.0 Å². The van der Waals surface area contributed by atoms with E-state index in [4.69, 9.17) is 0 Å². The fraction of sp³-hybridized carbons (Fsp3) is 0.111. The summed E-state index contributed by atoms with van der Waals surface area (Å²) < 4.78 is 68.9. The molecule has 0 aromatic heterocycles. The number of nitro benzene ring substituents is 2. The van der Waals surface area contributed by atoms with Gasteiger partial charge >= 0.3 is 37.7 Å². The predicted molar refractivity (Wildman–Crippen MR) is 206 cm³/mol. The SMILES string of the molecule is CCc1ccc([N+](=O)[O-])cc1N=Nc1c(O)cc(S(=O)(=O)[O-])c2ccccc12.CCc1ccc([N+](=O)[O-])cc1N=Nc1c(O)cc(S(=O)(=O)[O-])c2ccccc12.[Ca+2]. The van der Waals surface area contributed by atoms with Crippen molar-refractivity contribution in [2.24, 2.45) is 20.5 Å². The number of fused-ring (bicyclic) bond motifs is 2. The smallest absolute Gasteiger partial charge is 0.744 e. The number of aryl methyl sites for hydroxylation is 2. The number of azo groups is 2. The van der Waals surface area contributed by atoms with Crippen LogP contribution in [0.25, 0.3) is 21.5 Å². The van der Waals surface area contributed by atoms with E-state index in [1.807, 2.05) is 13.8 Å². The molecule has 18 nitrogen and oxygen atoms in total. The molecule has 0 aliphatic carbocycles. The second kappa shape index (κ2) is 18.2. The van der Waals surface area contributed by atoms with Gasteiger partial charge in [-0.1, -0.05) is 74.5 Å². The quantitative estimate of drug-likeness (QED) is 0.0433. The Morgan fingerprint density at radius 1 is 0.544 bits per heavy atom. The summed E-state index contributed by atoms with van der Waals surface area (Å²) in [5.41, 5.74) is 1.50. The van der Waals surface area contributed by atoms with Crippen LogP contribution in [0.15, 0.2) is 127 Å². The molecule has 0 spiro atoms. The van der Waals surface area contributed by atoms with Crippen LogP contribution in [0.2, 0.25) is 0 Å². The van der Waals surface area contributed by atoms with Gasteiger partial charge in [0.05, 0.1) is 31.0 Å². The molecule has 0 aliphatic rings. The molecule has 288 valence electrons. The fourth-order valence-corrected chi connectivity index (χ4v) is 6.98. The standard InChI is InChI=1S/2C18H15N3O6S.Ca/c2*1-2-11-7-8-12(21(23)24)9-15(11)19-20-18-14-6-4-3-5-13(14)17(10-16(18)22)28(25,26)27;/h2*3-10,22H,2H2,1H3,(H,25,26,27);/q;;+2/p-2. The minimum absolute atomic E-state index is 0. The summed E-state index contributed by atoms with van der Waals surface area (Å²) in [5, 5.41) is 59.1. The van der Waals surface area contributed by atoms with Crippen molar-refractivity contribution in [3.63, 3.8) is 0 Å². The second-order valence-corrected chi connectivity index (χ2v) is 14.4. The van der Waals surface area contributed by atoms with Crippen molar-refractivity contribution < 1.29 is 46.0 Å². The van der Waals surface area contributed by atoms with E-state index in [2.05, 4.69) is 20.5 Å². The van der Waals surface area contributed by atoms with Gasteiger partial charge in [-0.05, 0) is 24.0 Å². The monoisotopic (exact) mass is 840 g/mol. The van der Waals surface area contributed by atoms with Gasteiger partial charge in [-0.2, -0.15) is 0 Å². The third-order valence-corrected chi connectivity index (χ3v) is 10.0. The molecule has 0 aliphatic heterocycles. The first kappa shape index (κ1) is 44.2. The molecule has 0 saturated carbocycles. The molecule has 0 saturated heterocycles. The Balaban J connectivity index is 0.000000248. The van der Waals surface area contributed by atoms with Crippen molar-refractivity contribution in [1.29, 1.82) is 0 Å². The van der Waals surface area contributed by atoms with Gasteiger partial charge in [-0.15, -0.1) is 20.5 Å². The molecule has 6 aromatic carbocycles. The molecule has 21 heteroatoms. The zero-order chi connectivity index (χ0) is 40.9. The molecule has 6 rings (SSSR count). The third kappa shape index (κ3) is 10.1. The minimum atomic E-state index is -4.82. The molecular formula is C36H28CaN6O12S2. The number of aromatic hydroxyl groups is 2. The Hall–Kier alpha value is -5.48. The molecule has 0 heterocycles.